The van der Waals surface area contributed by atoms with Crippen LogP contribution in [0.1, 0.15) is 28.4 Å². The van der Waals surface area contributed by atoms with E-state index in [1.165, 1.54) is 12.1 Å². The Morgan fingerprint density at radius 1 is 1.16 bits per heavy atom. The Morgan fingerprint density at radius 3 is 2.47 bits per heavy atom. The standard InChI is InChI=1S/C16H17NO2/c1-3-12-6-4-5-11(2)15(12)17-16(19)13-7-9-14(18)10-8-13/h4-10,18H,3H2,1-2H3,(H,17,19). The first-order chi connectivity index (χ1) is 9.11. The summed E-state index contributed by atoms with van der Waals surface area (Å²) < 4.78 is 0. The van der Waals surface area contributed by atoms with Gasteiger partial charge >= 0.3 is 0 Å². The number of phenols is 1. The lowest BCUT2D eigenvalue weighted by Gasteiger charge is -2.13. The molecule has 1 amide bonds. The van der Waals surface area contributed by atoms with Crippen molar-refractivity contribution in [3.05, 3.63) is 59.2 Å². The van der Waals surface area contributed by atoms with Crippen LogP contribution in [0.2, 0.25) is 0 Å². The molecule has 2 rings (SSSR count). The molecule has 19 heavy (non-hydrogen) atoms. The molecule has 0 unspecified atom stereocenters. The quantitative estimate of drug-likeness (QED) is 0.881. The molecule has 0 aliphatic heterocycles. The summed E-state index contributed by atoms with van der Waals surface area (Å²) in [6, 6.07) is 12.2. The molecule has 2 aromatic carbocycles. The van der Waals surface area contributed by atoms with Gasteiger partial charge < -0.3 is 10.4 Å². The molecule has 0 aliphatic carbocycles. The largest absolute Gasteiger partial charge is 0.508 e. The van der Waals surface area contributed by atoms with E-state index in [9.17, 15) is 9.90 Å². The number of phenolic OH excluding ortho intramolecular Hbond substituents is 1. The zero-order valence-corrected chi connectivity index (χ0v) is 11.1. The van der Waals surface area contributed by atoms with Crippen molar-refractivity contribution in [1.29, 1.82) is 0 Å². The molecule has 3 heteroatoms. The minimum Gasteiger partial charge on any atom is -0.508 e. The number of carbonyl (C=O) groups is 1. The molecule has 0 saturated carbocycles. The lowest BCUT2D eigenvalue weighted by molar-refractivity contribution is 0.102. The van der Waals surface area contributed by atoms with E-state index in [0.717, 1.165) is 23.2 Å². The molecule has 2 N–H and O–H groups in total. The van der Waals surface area contributed by atoms with Gasteiger partial charge in [-0.1, -0.05) is 25.1 Å². The third-order valence-electron chi connectivity index (χ3n) is 3.11. The van der Waals surface area contributed by atoms with Gasteiger partial charge in [-0.2, -0.15) is 0 Å². The van der Waals surface area contributed by atoms with Crippen LogP contribution in [0.15, 0.2) is 42.5 Å². The number of rotatable bonds is 3. The first kappa shape index (κ1) is 13.1. The molecule has 0 aliphatic rings. The van der Waals surface area contributed by atoms with Crippen LogP contribution < -0.4 is 5.32 Å². The molecule has 0 atom stereocenters. The highest BCUT2D eigenvalue weighted by Gasteiger charge is 2.10. The van der Waals surface area contributed by atoms with Gasteiger partial charge in [-0.05, 0) is 48.7 Å². The van der Waals surface area contributed by atoms with Crippen molar-refractivity contribution >= 4 is 11.6 Å². The zero-order valence-electron chi connectivity index (χ0n) is 11.1. The summed E-state index contributed by atoms with van der Waals surface area (Å²) in [5.41, 5.74) is 3.57. The maximum atomic E-state index is 12.2. The summed E-state index contributed by atoms with van der Waals surface area (Å²) in [6.45, 7) is 4.04. The number of aryl methyl sites for hydroxylation is 2. The van der Waals surface area contributed by atoms with Gasteiger partial charge in [0.15, 0.2) is 0 Å². The molecule has 0 spiro atoms. The lowest BCUT2D eigenvalue weighted by Crippen LogP contribution is -2.14. The number of para-hydroxylation sites is 1. The number of amides is 1. The van der Waals surface area contributed by atoms with Gasteiger partial charge in [-0.15, -0.1) is 0 Å². The lowest BCUT2D eigenvalue weighted by atomic mass is 10.1. The third-order valence-corrected chi connectivity index (χ3v) is 3.11. The number of benzene rings is 2. The second kappa shape index (κ2) is 5.57. The summed E-state index contributed by atoms with van der Waals surface area (Å²) >= 11 is 0. The Hall–Kier alpha value is -2.29. The summed E-state index contributed by atoms with van der Waals surface area (Å²) in [7, 11) is 0. The van der Waals surface area contributed by atoms with E-state index in [2.05, 4.69) is 12.2 Å². The van der Waals surface area contributed by atoms with Gasteiger partial charge in [-0.3, -0.25) is 4.79 Å². The molecule has 98 valence electrons. The van der Waals surface area contributed by atoms with Crippen molar-refractivity contribution in [3.63, 3.8) is 0 Å². The normalized spacial score (nSPS) is 10.2. The maximum Gasteiger partial charge on any atom is 0.255 e. The van der Waals surface area contributed by atoms with E-state index in [-0.39, 0.29) is 11.7 Å². The van der Waals surface area contributed by atoms with Gasteiger partial charge in [0, 0.05) is 11.3 Å². The summed E-state index contributed by atoms with van der Waals surface area (Å²) in [4.78, 5) is 12.2. The highest BCUT2D eigenvalue weighted by Crippen LogP contribution is 2.22. The number of hydrogen-bond acceptors (Lipinski definition) is 2. The van der Waals surface area contributed by atoms with E-state index < -0.39 is 0 Å². The van der Waals surface area contributed by atoms with Crippen molar-refractivity contribution in [3.8, 4) is 5.75 Å². The maximum absolute atomic E-state index is 12.2. The molecule has 0 heterocycles. The summed E-state index contributed by atoms with van der Waals surface area (Å²) in [5, 5.41) is 12.2. The average molecular weight is 255 g/mol. The van der Waals surface area contributed by atoms with Crippen LogP contribution in [0, 0.1) is 6.92 Å². The smallest absolute Gasteiger partial charge is 0.255 e. The average Bonchev–Trinajstić information content (AvgIpc) is 2.41. The first-order valence-corrected chi connectivity index (χ1v) is 6.30. The fourth-order valence-electron chi connectivity index (χ4n) is 2.00. The monoisotopic (exact) mass is 255 g/mol. The minimum absolute atomic E-state index is 0.154. The number of aromatic hydroxyl groups is 1. The van der Waals surface area contributed by atoms with Crippen molar-refractivity contribution in [1.82, 2.24) is 0 Å². The molecule has 0 bridgehead atoms. The van der Waals surface area contributed by atoms with E-state index in [1.54, 1.807) is 12.1 Å². The number of carbonyl (C=O) groups excluding carboxylic acids is 1. The molecule has 0 fully saturated rings. The van der Waals surface area contributed by atoms with Crippen LogP contribution in [0.5, 0.6) is 5.75 Å². The molecule has 0 saturated heterocycles. The van der Waals surface area contributed by atoms with Gasteiger partial charge in [0.2, 0.25) is 0 Å². The highest BCUT2D eigenvalue weighted by molar-refractivity contribution is 6.05. The fourth-order valence-corrected chi connectivity index (χ4v) is 2.00. The predicted octanol–water partition coefficient (Wildman–Crippen LogP) is 3.52. The fraction of sp³-hybridized carbons (Fsp3) is 0.188. The van der Waals surface area contributed by atoms with Crippen LogP contribution in [-0.2, 0) is 6.42 Å². The molecule has 0 aromatic heterocycles. The van der Waals surface area contributed by atoms with Crippen LogP contribution >= 0.6 is 0 Å². The van der Waals surface area contributed by atoms with Crippen LogP contribution in [0.3, 0.4) is 0 Å². The van der Waals surface area contributed by atoms with Crippen molar-refractivity contribution in [2.75, 3.05) is 5.32 Å². The number of nitrogens with one attached hydrogen (secondary N) is 1. The van der Waals surface area contributed by atoms with Crippen LogP contribution in [-0.4, -0.2) is 11.0 Å². The van der Waals surface area contributed by atoms with Crippen LogP contribution in [0.25, 0.3) is 0 Å². The van der Waals surface area contributed by atoms with Crippen molar-refractivity contribution in [2.24, 2.45) is 0 Å². The third kappa shape index (κ3) is 2.94. The topological polar surface area (TPSA) is 49.3 Å². The predicted molar refractivity (Wildman–Crippen MR) is 76.6 cm³/mol. The van der Waals surface area contributed by atoms with Crippen LogP contribution in [0.4, 0.5) is 5.69 Å². The van der Waals surface area contributed by atoms with Gasteiger partial charge in [0.05, 0.1) is 0 Å². The SMILES string of the molecule is CCc1cccc(C)c1NC(=O)c1ccc(O)cc1. The summed E-state index contributed by atoms with van der Waals surface area (Å²) in [6.07, 6.45) is 0.868. The summed E-state index contributed by atoms with van der Waals surface area (Å²) in [5.74, 6) is -0.00862. The Balaban J connectivity index is 2.26. The van der Waals surface area contributed by atoms with E-state index in [4.69, 9.17) is 0 Å². The van der Waals surface area contributed by atoms with Gasteiger partial charge in [0.25, 0.3) is 5.91 Å². The Labute approximate surface area is 112 Å². The van der Waals surface area contributed by atoms with Crippen molar-refractivity contribution in [2.45, 2.75) is 20.3 Å². The first-order valence-electron chi connectivity index (χ1n) is 6.30. The van der Waals surface area contributed by atoms with E-state index in [0.29, 0.717) is 5.56 Å². The minimum atomic E-state index is -0.163. The zero-order chi connectivity index (χ0) is 13.8. The Kier molecular flexibility index (Phi) is 3.85. The Bertz CT molecular complexity index is 588. The van der Waals surface area contributed by atoms with Gasteiger partial charge in [-0.25, -0.2) is 0 Å². The molecule has 2 aromatic rings. The molecule has 0 radical (unpaired) electrons. The van der Waals surface area contributed by atoms with Gasteiger partial charge in [0.1, 0.15) is 5.75 Å². The number of hydrogen-bond donors (Lipinski definition) is 2. The molecular weight excluding hydrogens is 238 g/mol. The highest BCUT2D eigenvalue weighted by atomic mass is 16.3. The molecule has 3 nitrogen and oxygen atoms in total. The molecular formula is C16H17NO2. The second-order valence-corrected chi connectivity index (χ2v) is 4.46. The second-order valence-electron chi connectivity index (χ2n) is 4.46. The Morgan fingerprint density at radius 2 is 1.84 bits per heavy atom. The van der Waals surface area contributed by atoms with E-state index in [1.807, 2.05) is 25.1 Å². The van der Waals surface area contributed by atoms with E-state index >= 15 is 0 Å². The number of anilines is 1. The van der Waals surface area contributed by atoms with Crippen molar-refractivity contribution < 1.29 is 9.90 Å².